The van der Waals surface area contributed by atoms with Crippen LogP contribution in [-0.4, -0.2) is 56.8 Å². The fraction of sp³-hybridized carbons (Fsp3) is 0.550. The van der Waals surface area contributed by atoms with Crippen molar-refractivity contribution in [1.29, 1.82) is 0 Å². The average molecular weight is 488 g/mol. The maximum absolute atomic E-state index is 13.3. The molecule has 0 aromatic carbocycles. The number of pyridine rings is 1. The van der Waals surface area contributed by atoms with E-state index in [1.807, 2.05) is 6.92 Å². The highest BCUT2D eigenvalue weighted by atomic mass is 32.1. The lowest BCUT2D eigenvalue weighted by Gasteiger charge is -2.38. The first-order chi connectivity index (χ1) is 15.6. The van der Waals surface area contributed by atoms with E-state index in [1.54, 1.807) is 0 Å². The van der Waals surface area contributed by atoms with Crippen LogP contribution in [0.1, 0.15) is 18.5 Å². The summed E-state index contributed by atoms with van der Waals surface area (Å²) >= 11 is 1.50. The van der Waals surface area contributed by atoms with Crippen molar-refractivity contribution in [2.24, 2.45) is 11.8 Å². The smallest absolute Gasteiger partial charge is 0.456 e. The van der Waals surface area contributed by atoms with Crippen molar-refractivity contribution in [1.82, 2.24) is 19.0 Å². The summed E-state index contributed by atoms with van der Waals surface area (Å²) in [5.41, 5.74) is 1.07. The van der Waals surface area contributed by atoms with Crippen molar-refractivity contribution in [3.05, 3.63) is 30.1 Å². The third kappa shape index (κ3) is 4.18. The van der Waals surface area contributed by atoms with Gasteiger partial charge in [0.2, 0.25) is 5.95 Å². The van der Waals surface area contributed by atoms with Crippen molar-refractivity contribution in [3.63, 3.8) is 0 Å². The number of aryl methyl sites for hydroxylation is 1. The zero-order chi connectivity index (χ0) is 23.4. The van der Waals surface area contributed by atoms with Gasteiger partial charge in [0.15, 0.2) is 18.0 Å². The van der Waals surface area contributed by atoms with Gasteiger partial charge in [-0.3, -0.25) is 0 Å². The standard InChI is InChI=1S/C20H21F5N6OS/c1-11-7-15(33-29-11)30-8-12-4-5-13(9-30)16(12)26-18-27-17-14(3-2-6-31(17)28-18)32-10-19(21,22)20(23,24)25/h2-3,6-7,12-13,16H,4-5,8-10H2,1H3,(H,26,28)/t12-,13+,16?. The van der Waals surface area contributed by atoms with Crippen LogP contribution in [0.15, 0.2) is 24.4 Å². The fourth-order valence-corrected chi connectivity index (χ4v) is 5.37. The van der Waals surface area contributed by atoms with Crippen molar-refractivity contribution >= 4 is 28.1 Å². The topological polar surface area (TPSA) is 67.6 Å². The Morgan fingerprint density at radius 2 is 1.91 bits per heavy atom. The minimum atomic E-state index is -5.69. The SMILES string of the molecule is Cc1cc(N2C[C@H]3CC[C@@H](C2)C3Nc2nc3c(OCC(F)(F)C(F)(F)F)cccn3n2)sn1. The van der Waals surface area contributed by atoms with E-state index in [-0.39, 0.29) is 23.4 Å². The molecule has 2 aliphatic rings. The van der Waals surface area contributed by atoms with Crippen LogP contribution in [0.2, 0.25) is 0 Å². The van der Waals surface area contributed by atoms with Crippen LogP contribution >= 0.6 is 11.5 Å². The Morgan fingerprint density at radius 3 is 2.55 bits per heavy atom. The maximum Gasteiger partial charge on any atom is 0.456 e. The Kier molecular flexibility index (Phi) is 5.33. The second-order valence-corrected chi connectivity index (χ2v) is 9.33. The minimum absolute atomic E-state index is 0.0721. The number of nitrogens with one attached hydrogen (secondary N) is 1. The molecule has 1 unspecified atom stereocenters. The molecule has 1 saturated carbocycles. The largest absolute Gasteiger partial charge is 0.483 e. The molecule has 1 aliphatic carbocycles. The Hall–Kier alpha value is -2.70. The summed E-state index contributed by atoms with van der Waals surface area (Å²) in [6.07, 6.45) is -2.04. The Bertz CT molecular complexity index is 1130. The molecule has 5 rings (SSSR count). The highest BCUT2D eigenvalue weighted by molar-refractivity contribution is 7.10. The number of anilines is 2. The van der Waals surface area contributed by atoms with E-state index in [9.17, 15) is 22.0 Å². The molecule has 3 aromatic heterocycles. The summed E-state index contributed by atoms with van der Waals surface area (Å²) < 4.78 is 74.4. The van der Waals surface area contributed by atoms with Gasteiger partial charge in [-0.25, -0.2) is 4.52 Å². The summed E-state index contributed by atoms with van der Waals surface area (Å²) in [7, 11) is 0. The number of nitrogens with zero attached hydrogens (tertiary/aromatic N) is 5. The van der Waals surface area contributed by atoms with Gasteiger partial charge in [0.1, 0.15) is 5.00 Å². The van der Waals surface area contributed by atoms with Gasteiger partial charge in [-0.15, -0.1) is 5.10 Å². The number of halogens is 5. The molecular weight excluding hydrogens is 467 g/mol. The molecule has 4 heterocycles. The van der Waals surface area contributed by atoms with E-state index in [2.05, 4.69) is 30.7 Å². The van der Waals surface area contributed by atoms with Gasteiger partial charge in [0, 0.05) is 25.3 Å². The molecular formula is C20H21F5N6OS. The highest BCUT2D eigenvalue weighted by Gasteiger charge is 2.58. The average Bonchev–Trinajstić information content (AvgIpc) is 3.41. The number of alkyl halides is 5. The van der Waals surface area contributed by atoms with E-state index in [1.165, 1.54) is 34.4 Å². The number of fused-ring (bicyclic) bond motifs is 3. The van der Waals surface area contributed by atoms with Crippen LogP contribution < -0.4 is 15.0 Å². The molecule has 2 fully saturated rings. The first kappa shape index (κ1) is 22.1. The lowest BCUT2D eigenvalue weighted by Crippen LogP contribution is -2.48. The number of hydrogen-bond acceptors (Lipinski definition) is 7. The molecule has 1 saturated heterocycles. The van der Waals surface area contributed by atoms with Crippen LogP contribution in [0.4, 0.5) is 32.9 Å². The van der Waals surface area contributed by atoms with Gasteiger partial charge < -0.3 is 15.0 Å². The summed E-state index contributed by atoms with van der Waals surface area (Å²) in [5, 5.41) is 8.85. The molecule has 1 N–H and O–H groups in total. The normalized spacial score (nSPS) is 23.3. The molecule has 3 aromatic rings. The van der Waals surface area contributed by atoms with Gasteiger partial charge in [-0.1, -0.05) is 0 Å². The second-order valence-electron chi connectivity index (χ2n) is 8.55. The minimum Gasteiger partial charge on any atom is -0.483 e. The van der Waals surface area contributed by atoms with Crippen LogP contribution in [0.3, 0.4) is 0 Å². The summed E-state index contributed by atoms with van der Waals surface area (Å²) in [5.74, 6) is -4.12. The predicted molar refractivity (Wildman–Crippen MR) is 112 cm³/mol. The summed E-state index contributed by atoms with van der Waals surface area (Å²) in [6.45, 7) is 1.90. The number of rotatable bonds is 6. The molecule has 1 aliphatic heterocycles. The van der Waals surface area contributed by atoms with E-state index in [0.29, 0.717) is 11.8 Å². The van der Waals surface area contributed by atoms with Gasteiger partial charge >= 0.3 is 12.1 Å². The van der Waals surface area contributed by atoms with Gasteiger partial charge in [0.05, 0.1) is 5.69 Å². The molecule has 178 valence electrons. The monoisotopic (exact) mass is 488 g/mol. The first-order valence-electron chi connectivity index (χ1n) is 10.5. The highest BCUT2D eigenvalue weighted by Crippen LogP contribution is 2.41. The fourth-order valence-electron chi connectivity index (χ4n) is 4.59. The lowest BCUT2D eigenvalue weighted by molar-refractivity contribution is -0.289. The molecule has 13 heteroatoms. The second kappa shape index (κ2) is 7.96. The molecule has 0 spiro atoms. The Balaban J connectivity index is 1.30. The van der Waals surface area contributed by atoms with Crippen LogP contribution in [-0.2, 0) is 0 Å². The summed E-state index contributed by atoms with van der Waals surface area (Å²) in [4.78, 5) is 6.67. The van der Waals surface area contributed by atoms with Crippen LogP contribution in [0.25, 0.3) is 5.65 Å². The number of aromatic nitrogens is 4. The molecule has 0 radical (unpaired) electrons. The number of ether oxygens (including phenoxy) is 1. The van der Waals surface area contributed by atoms with E-state index < -0.39 is 18.7 Å². The molecule has 0 amide bonds. The quantitative estimate of drug-likeness (QED) is 0.519. The molecule has 2 bridgehead atoms. The van der Waals surface area contributed by atoms with Gasteiger partial charge in [-0.05, 0) is 61.3 Å². The molecule has 7 nitrogen and oxygen atoms in total. The van der Waals surface area contributed by atoms with E-state index in [4.69, 9.17) is 4.74 Å². The van der Waals surface area contributed by atoms with E-state index >= 15 is 0 Å². The first-order valence-corrected chi connectivity index (χ1v) is 11.3. The maximum atomic E-state index is 13.3. The third-order valence-corrected chi connectivity index (χ3v) is 7.15. The lowest BCUT2D eigenvalue weighted by atomic mass is 9.92. The van der Waals surface area contributed by atoms with Crippen molar-refractivity contribution in [2.45, 2.75) is 37.9 Å². The Morgan fingerprint density at radius 1 is 1.18 bits per heavy atom. The molecule has 33 heavy (non-hydrogen) atoms. The van der Waals surface area contributed by atoms with Crippen molar-refractivity contribution < 1.29 is 26.7 Å². The van der Waals surface area contributed by atoms with E-state index in [0.717, 1.165) is 36.6 Å². The number of piperidine rings is 1. The van der Waals surface area contributed by atoms with Gasteiger partial charge in [-0.2, -0.15) is 31.3 Å². The van der Waals surface area contributed by atoms with Crippen LogP contribution in [0.5, 0.6) is 5.75 Å². The molecule has 3 atom stereocenters. The predicted octanol–water partition coefficient (Wildman–Crippen LogP) is 4.40. The Labute approximate surface area is 189 Å². The van der Waals surface area contributed by atoms with Crippen molar-refractivity contribution in [3.8, 4) is 5.75 Å². The zero-order valence-corrected chi connectivity index (χ0v) is 18.3. The van der Waals surface area contributed by atoms with Crippen LogP contribution in [0, 0.1) is 18.8 Å². The van der Waals surface area contributed by atoms with Crippen molar-refractivity contribution in [2.75, 3.05) is 29.9 Å². The third-order valence-electron chi connectivity index (χ3n) is 6.21. The zero-order valence-electron chi connectivity index (χ0n) is 17.5. The number of hydrogen-bond donors (Lipinski definition) is 1. The van der Waals surface area contributed by atoms with Gasteiger partial charge in [0.25, 0.3) is 0 Å². The summed E-state index contributed by atoms with van der Waals surface area (Å²) in [6, 6.07) is 4.97.